The summed E-state index contributed by atoms with van der Waals surface area (Å²) in [4.78, 5) is 27.0. The first-order valence-electron chi connectivity index (χ1n) is 6.42. The lowest BCUT2D eigenvalue weighted by atomic mass is 10.2. The Morgan fingerprint density at radius 3 is 2.87 bits per heavy atom. The van der Waals surface area contributed by atoms with Crippen molar-refractivity contribution < 1.29 is 9.72 Å². The normalized spacial score (nSPS) is 10.2. The lowest BCUT2D eigenvalue weighted by Gasteiger charge is -2.05. The van der Waals surface area contributed by atoms with Crippen molar-refractivity contribution in [3.8, 4) is 6.07 Å². The molecular formula is C15H8N4O3S. The maximum atomic E-state index is 12.2. The molecule has 1 N–H and O–H groups in total. The predicted octanol–water partition coefficient (Wildman–Crippen LogP) is 3.33. The first-order valence-corrected chi connectivity index (χ1v) is 7.30. The number of benzene rings is 1. The van der Waals surface area contributed by atoms with Crippen molar-refractivity contribution in [2.24, 2.45) is 0 Å². The van der Waals surface area contributed by atoms with Gasteiger partial charge in [-0.1, -0.05) is 0 Å². The van der Waals surface area contributed by atoms with Gasteiger partial charge in [0, 0.05) is 17.5 Å². The van der Waals surface area contributed by atoms with E-state index < -0.39 is 10.8 Å². The third-order valence-electron chi connectivity index (χ3n) is 3.12. The van der Waals surface area contributed by atoms with Gasteiger partial charge in [0.15, 0.2) is 0 Å². The fourth-order valence-corrected chi connectivity index (χ4v) is 2.78. The number of nitro groups is 1. The van der Waals surface area contributed by atoms with Crippen LogP contribution in [0.5, 0.6) is 0 Å². The van der Waals surface area contributed by atoms with Crippen LogP contribution in [0.1, 0.15) is 15.2 Å². The monoisotopic (exact) mass is 324 g/mol. The Labute approximate surface area is 134 Å². The van der Waals surface area contributed by atoms with Crippen molar-refractivity contribution >= 4 is 39.7 Å². The van der Waals surface area contributed by atoms with Gasteiger partial charge in [-0.05, 0) is 29.6 Å². The number of hydrogen-bond acceptors (Lipinski definition) is 6. The highest BCUT2D eigenvalue weighted by Crippen LogP contribution is 2.22. The minimum atomic E-state index is -0.477. The van der Waals surface area contributed by atoms with Gasteiger partial charge in [-0.3, -0.25) is 14.9 Å². The Morgan fingerprint density at radius 2 is 2.13 bits per heavy atom. The summed E-state index contributed by atoms with van der Waals surface area (Å²) >= 11 is 1.17. The second-order valence-electron chi connectivity index (χ2n) is 4.56. The van der Waals surface area contributed by atoms with Crippen LogP contribution in [-0.2, 0) is 0 Å². The number of pyridine rings is 1. The van der Waals surface area contributed by atoms with Crippen LogP contribution in [0.2, 0.25) is 0 Å². The van der Waals surface area contributed by atoms with Crippen molar-refractivity contribution in [3.05, 3.63) is 62.3 Å². The van der Waals surface area contributed by atoms with Crippen molar-refractivity contribution in [1.82, 2.24) is 4.98 Å². The summed E-state index contributed by atoms with van der Waals surface area (Å²) in [6, 6.07) is 11.0. The van der Waals surface area contributed by atoms with Gasteiger partial charge < -0.3 is 5.32 Å². The molecule has 0 saturated heterocycles. The minimum Gasteiger partial charge on any atom is -0.306 e. The van der Waals surface area contributed by atoms with Gasteiger partial charge in [-0.25, -0.2) is 4.98 Å². The topological polar surface area (TPSA) is 109 Å². The fraction of sp³-hybridized carbons (Fsp3) is 0. The number of amides is 1. The third-order valence-corrected chi connectivity index (χ3v) is 4.03. The van der Waals surface area contributed by atoms with E-state index in [-0.39, 0.29) is 5.69 Å². The van der Waals surface area contributed by atoms with Gasteiger partial charge in [-0.2, -0.15) is 5.26 Å². The minimum absolute atomic E-state index is 0.0201. The molecule has 0 aliphatic heterocycles. The number of non-ortho nitro benzene ring substituents is 1. The number of fused-ring (bicyclic) bond motifs is 1. The Kier molecular flexibility index (Phi) is 3.70. The van der Waals surface area contributed by atoms with Gasteiger partial charge in [-0.15, -0.1) is 11.3 Å². The molecule has 7 nitrogen and oxygen atoms in total. The molecule has 0 spiro atoms. The highest BCUT2D eigenvalue weighted by Gasteiger charge is 2.14. The molecule has 8 heteroatoms. The lowest BCUT2D eigenvalue weighted by molar-refractivity contribution is -0.384. The molecule has 0 aliphatic carbocycles. The van der Waals surface area contributed by atoms with Gasteiger partial charge >= 0.3 is 0 Å². The number of nitro benzene ring substituents is 1. The Bertz CT molecular complexity index is 974. The average Bonchev–Trinajstić information content (AvgIpc) is 3.03. The highest BCUT2D eigenvalue weighted by molar-refractivity contribution is 7.12. The second kappa shape index (κ2) is 5.82. The van der Waals surface area contributed by atoms with Crippen LogP contribution in [0.4, 0.5) is 11.5 Å². The molecule has 1 amide bonds. The van der Waals surface area contributed by atoms with E-state index in [2.05, 4.69) is 10.3 Å². The molecule has 0 saturated carbocycles. The molecule has 0 fully saturated rings. The first-order chi connectivity index (χ1) is 11.1. The van der Waals surface area contributed by atoms with Crippen LogP contribution in [0.25, 0.3) is 10.9 Å². The lowest BCUT2D eigenvalue weighted by Crippen LogP contribution is -2.12. The Morgan fingerprint density at radius 1 is 1.30 bits per heavy atom. The number of hydrogen-bond donors (Lipinski definition) is 1. The van der Waals surface area contributed by atoms with E-state index in [0.29, 0.717) is 27.2 Å². The van der Waals surface area contributed by atoms with Crippen molar-refractivity contribution in [2.75, 3.05) is 5.32 Å². The second-order valence-corrected chi connectivity index (χ2v) is 5.48. The molecule has 0 atom stereocenters. The number of carbonyl (C=O) groups is 1. The molecule has 2 heterocycles. The van der Waals surface area contributed by atoms with E-state index in [1.807, 2.05) is 6.07 Å². The zero-order chi connectivity index (χ0) is 16.4. The van der Waals surface area contributed by atoms with Crippen LogP contribution in [0, 0.1) is 21.4 Å². The predicted molar refractivity (Wildman–Crippen MR) is 85.4 cm³/mol. The maximum absolute atomic E-state index is 12.2. The molecule has 3 aromatic rings. The van der Waals surface area contributed by atoms with Crippen LogP contribution >= 0.6 is 11.3 Å². The van der Waals surface area contributed by atoms with Crippen LogP contribution in [0.15, 0.2) is 41.8 Å². The van der Waals surface area contributed by atoms with E-state index in [1.54, 1.807) is 23.6 Å². The molecule has 1 aromatic carbocycles. The number of carbonyl (C=O) groups excluding carboxylic acids is 1. The molecule has 0 aliphatic rings. The van der Waals surface area contributed by atoms with Gasteiger partial charge in [0.2, 0.25) is 0 Å². The standard InChI is InChI=1S/C15H8N4O3S/c16-8-10-5-6-23-14(10)15(20)18-13-4-1-9-7-11(19(21)22)2-3-12(9)17-13/h1-7H,(H,17,18,20). The number of nitrogens with zero attached hydrogens (tertiary/aromatic N) is 3. The number of nitriles is 1. The van der Waals surface area contributed by atoms with Gasteiger partial charge in [0.1, 0.15) is 16.8 Å². The SMILES string of the molecule is N#Cc1ccsc1C(=O)Nc1ccc2cc([N+](=O)[O-])ccc2n1. The van der Waals surface area contributed by atoms with E-state index >= 15 is 0 Å². The highest BCUT2D eigenvalue weighted by atomic mass is 32.1. The largest absolute Gasteiger partial charge is 0.306 e. The van der Waals surface area contributed by atoms with E-state index in [0.717, 1.165) is 0 Å². The molecule has 3 rings (SSSR count). The number of thiophene rings is 1. The smallest absolute Gasteiger partial charge is 0.270 e. The number of nitrogens with one attached hydrogen (secondary N) is 1. The summed E-state index contributed by atoms with van der Waals surface area (Å²) in [5.41, 5.74) is 0.817. The summed E-state index contributed by atoms with van der Waals surface area (Å²) in [6.45, 7) is 0. The van der Waals surface area contributed by atoms with E-state index in [9.17, 15) is 14.9 Å². The van der Waals surface area contributed by atoms with Gasteiger partial charge in [0.25, 0.3) is 11.6 Å². The van der Waals surface area contributed by atoms with Gasteiger partial charge in [0.05, 0.1) is 16.0 Å². The number of aromatic nitrogens is 1. The summed E-state index contributed by atoms with van der Waals surface area (Å²) in [5.74, 6) is -0.0982. The third kappa shape index (κ3) is 2.86. The Hall–Kier alpha value is -3.31. The first kappa shape index (κ1) is 14.6. The summed E-state index contributed by atoms with van der Waals surface area (Å²) < 4.78 is 0. The zero-order valence-electron chi connectivity index (χ0n) is 11.5. The zero-order valence-corrected chi connectivity index (χ0v) is 12.3. The van der Waals surface area contributed by atoms with E-state index in [1.165, 1.54) is 29.5 Å². The summed E-state index contributed by atoms with van der Waals surface area (Å²) in [5, 5.41) is 24.6. The Balaban J connectivity index is 1.89. The van der Waals surface area contributed by atoms with Crippen LogP contribution < -0.4 is 5.32 Å². The number of anilines is 1. The van der Waals surface area contributed by atoms with Crippen LogP contribution in [-0.4, -0.2) is 15.8 Å². The molecule has 0 bridgehead atoms. The van der Waals surface area contributed by atoms with Crippen molar-refractivity contribution in [1.29, 1.82) is 5.26 Å². The summed E-state index contributed by atoms with van der Waals surface area (Å²) in [6.07, 6.45) is 0. The van der Waals surface area contributed by atoms with E-state index in [4.69, 9.17) is 5.26 Å². The molecule has 2 aromatic heterocycles. The summed E-state index contributed by atoms with van der Waals surface area (Å²) in [7, 11) is 0. The average molecular weight is 324 g/mol. The maximum Gasteiger partial charge on any atom is 0.270 e. The quantitative estimate of drug-likeness (QED) is 0.587. The fourth-order valence-electron chi connectivity index (χ4n) is 2.04. The number of rotatable bonds is 3. The van der Waals surface area contributed by atoms with Crippen LogP contribution in [0.3, 0.4) is 0 Å². The molecule has 0 unspecified atom stereocenters. The molecular weight excluding hydrogens is 316 g/mol. The van der Waals surface area contributed by atoms with Crippen molar-refractivity contribution in [3.63, 3.8) is 0 Å². The molecule has 112 valence electrons. The van der Waals surface area contributed by atoms with Crippen molar-refractivity contribution in [2.45, 2.75) is 0 Å². The molecule has 0 radical (unpaired) electrons. The molecule has 23 heavy (non-hydrogen) atoms.